The molecular weight excluding hydrogens is 370 g/mol. The van der Waals surface area contributed by atoms with Crippen molar-refractivity contribution in [2.45, 2.75) is 42.5 Å². The first kappa shape index (κ1) is 20.9. The Kier molecular flexibility index (Phi) is 6.57. The van der Waals surface area contributed by atoms with Gasteiger partial charge in [-0.05, 0) is 37.1 Å². The Morgan fingerprint density at radius 2 is 1.81 bits per heavy atom. The number of amides is 1. The molecule has 0 aliphatic heterocycles. The van der Waals surface area contributed by atoms with Gasteiger partial charge in [-0.3, -0.25) is 4.79 Å². The van der Waals surface area contributed by atoms with Crippen LogP contribution in [0.1, 0.15) is 37.7 Å². The van der Waals surface area contributed by atoms with Gasteiger partial charge in [0.1, 0.15) is 5.54 Å². The summed E-state index contributed by atoms with van der Waals surface area (Å²) in [5.41, 5.74) is -0.755. The third-order valence-corrected chi connectivity index (χ3v) is 6.54. The van der Waals surface area contributed by atoms with E-state index in [-0.39, 0.29) is 4.90 Å². The highest BCUT2D eigenvalue weighted by Crippen LogP contribution is 2.29. The van der Waals surface area contributed by atoms with Crippen LogP contribution in [0.4, 0.5) is 0 Å². The number of sulfonamides is 1. The minimum atomic E-state index is -3.90. The Hall–Kier alpha value is -2.44. The lowest BCUT2D eigenvalue weighted by molar-refractivity contribution is -0.152. The number of likely N-dealkylation sites (N-methyl/N-ethyl adjacent to an activating group) is 1. The smallest absolute Gasteiger partial charge is 0.331 e. The molecule has 0 radical (unpaired) electrons. The average Bonchev–Trinajstić information content (AvgIpc) is 2.67. The number of carbonyl (C=O) groups excluding carboxylic acids is 2. The molecule has 1 aliphatic rings. The summed E-state index contributed by atoms with van der Waals surface area (Å²) in [7, 11) is -1.34. The highest BCUT2D eigenvalue weighted by molar-refractivity contribution is 7.89. The molecule has 0 saturated heterocycles. The molecule has 1 aromatic carbocycles. The van der Waals surface area contributed by atoms with E-state index in [4.69, 9.17) is 10.00 Å². The van der Waals surface area contributed by atoms with Crippen molar-refractivity contribution in [2.75, 3.05) is 20.7 Å². The predicted molar refractivity (Wildman–Crippen MR) is 96.9 cm³/mol. The first-order chi connectivity index (χ1) is 12.7. The van der Waals surface area contributed by atoms with E-state index in [1.807, 2.05) is 6.07 Å². The van der Waals surface area contributed by atoms with E-state index in [0.29, 0.717) is 18.4 Å². The Labute approximate surface area is 159 Å². The van der Waals surface area contributed by atoms with Gasteiger partial charge in [0, 0.05) is 7.05 Å². The average molecular weight is 393 g/mol. The molecule has 0 bridgehead atoms. The SMILES string of the molecule is COC(=O)C1(NC(=O)CN(C)S(=O)(=O)c2ccc(C#N)cc2)CCCCC1. The van der Waals surface area contributed by atoms with Crippen molar-refractivity contribution < 1.29 is 22.7 Å². The van der Waals surface area contributed by atoms with Gasteiger partial charge >= 0.3 is 5.97 Å². The molecule has 8 nitrogen and oxygen atoms in total. The van der Waals surface area contributed by atoms with Crippen molar-refractivity contribution in [3.63, 3.8) is 0 Å². The summed E-state index contributed by atoms with van der Waals surface area (Å²) in [6, 6.07) is 7.35. The fourth-order valence-corrected chi connectivity index (χ4v) is 4.33. The van der Waals surface area contributed by atoms with Crippen molar-refractivity contribution in [2.24, 2.45) is 0 Å². The molecule has 146 valence electrons. The van der Waals surface area contributed by atoms with Crippen molar-refractivity contribution in [1.82, 2.24) is 9.62 Å². The quantitative estimate of drug-likeness (QED) is 0.725. The summed E-state index contributed by atoms with van der Waals surface area (Å²) in [4.78, 5) is 24.6. The number of nitriles is 1. The van der Waals surface area contributed by atoms with Crippen molar-refractivity contribution >= 4 is 21.9 Å². The molecule has 1 aromatic rings. The number of methoxy groups -OCH3 is 1. The first-order valence-electron chi connectivity index (χ1n) is 8.61. The van der Waals surface area contributed by atoms with E-state index in [2.05, 4.69) is 5.32 Å². The van der Waals surface area contributed by atoms with Gasteiger partial charge in [-0.25, -0.2) is 13.2 Å². The molecule has 1 aliphatic carbocycles. The van der Waals surface area contributed by atoms with Crippen LogP contribution in [0.2, 0.25) is 0 Å². The van der Waals surface area contributed by atoms with Crippen molar-refractivity contribution in [3.8, 4) is 6.07 Å². The summed E-state index contributed by atoms with van der Waals surface area (Å²) in [6.07, 6.45) is 3.49. The van der Waals surface area contributed by atoms with Gasteiger partial charge in [0.05, 0.1) is 30.2 Å². The summed E-state index contributed by atoms with van der Waals surface area (Å²) in [5.74, 6) is -1.07. The van der Waals surface area contributed by atoms with Crippen molar-refractivity contribution in [1.29, 1.82) is 5.26 Å². The topological polar surface area (TPSA) is 117 Å². The third-order valence-electron chi connectivity index (χ3n) is 4.72. The zero-order valence-corrected chi connectivity index (χ0v) is 16.2. The van der Waals surface area contributed by atoms with Crippen LogP contribution in [-0.2, 0) is 24.3 Å². The second-order valence-corrected chi connectivity index (χ2v) is 8.62. The number of hydrogen-bond acceptors (Lipinski definition) is 6. The third kappa shape index (κ3) is 4.64. The van der Waals surface area contributed by atoms with E-state index in [1.54, 1.807) is 0 Å². The fraction of sp³-hybridized carbons (Fsp3) is 0.500. The van der Waals surface area contributed by atoms with Crippen LogP contribution in [0.15, 0.2) is 29.2 Å². The lowest BCUT2D eigenvalue weighted by atomic mass is 9.81. The molecule has 0 unspecified atom stereocenters. The van der Waals surface area contributed by atoms with Crippen LogP contribution < -0.4 is 5.32 Å². The highest BCUT2D eigenvalue weighted by atomic mass is 32.2. The molecule has 0 heterocycles. The molecule has 1 fully saturated rings. The van der Waals surface area contributed by atoms with Crippen LogP contribution in [0, 0.1) is 11.3 Å². The zero-order valence-electron chi connectivity index (χ0n) is 15.4. The lowest BCUT2D eigenvalue weighted by Gasteiger charge is -2.35. The van der Waals surface area contributed by atoms with Crippen LogP contribution in [0.25, 0.3) is 0 Å². The molecule has 0 atom stereocenters. The molecule has 9 heteroatoms. The zero-order chi connectivity index (χ0) is 20.1. The summed E-state index contributed by atoms with van der Waals surface area (Å²) in [6.45, 7) is -0.429. The van der Waals surface area contributed by atoms with Crippen molar-refractivity contribution in [3.05, 3.63) is 29.8 Å². The highest BCUT2D eigenvalue weighted by Gasteiger charge is 2.42. The van der Waals surface area contributed by atoms with Crippen LogP contribution in [0.3, 0.4) is 0 Å². The molecule has 27 heavy (non-hydrogen) atoms. The number of benzene rings is 1. The number of nitrogens with zero attached hydrogens (tertiary/aromatic N) is 2. The summed E-state index contributed by atoms with van der Waals surface area (Å²) in [5, 5.41) is 11.5. The van der Waals surface area contributed by atoms with Gasteiger partial charge in [0.2, 0.25) is 15.9 Å². The summed E-state index contributed by atoms with van der Waals surface area (Å²) < 4.78 is 31.0. The van der Waals surface area contributed by atoms with E-state index in [0.717, 1.165) is 23.6 Å². The molecule has 1 N–H and O–H groups in total. The van der Waals surface area contributed by atoms with E-state index in [1.165, 1.54) is 38.4 Å². The number of nitrogens with one attached hydrogen (secondary N) is 1. The number of hydrogen-bond donors (Lipinski definition) is 1. The fourth-order valence-electron chi connectivity index (χ4n) is 3.21. The Bertz CT molecular complexity index is 837. The largest absolute Gasteiger partial charge is 0.467 e. The van der Waals surface area contributed by atoms with Gasteiger partial charge in [0.25, 0.3) is 0 Å². The van der Waals surface area contributed by atoms with E-state index < -0.39 is 34.0 Å². The van der Waals surface area contributed by atoms with Crippen LogP contribution in [0.5, 0.6) is 0 Å². The number of esters is 1. The molecular formula is C18H23N3O5S. The molecule has 0 spiro atoms. The van der Waals surface area contributed by atoms with Crippen LogP contribution in [-0.4, -0.2) is 50.8 Å². The van der Waals surface area contributed by atoms with Crippen LogP contribution >= 0.6 is 0 Å². The second kappa shape index (κ2) is 8.50. The number of ether oxygens (including phenoxy) is 1. The Balaban J connectivity index is 2.11. The molecule has 1 amide bonds. The first-order valence-corrected chi connectivity index (χ1v) is 10.0. The number of rotatable bonds is 6. The van der Waals surface area contributed by atoms with E-state index in [9.17, 15) is 18.0 Å². The maximum absolute atomic E-state index is 12.6. The summed E-state index contributed by atoms with van der Waals surface area (Å²) >= 11 is 0. The monoisotopic (exact) mass is 393 g/mol. The Morgan fingerprint density at radius 3 is 2.33 bits per heavy atom. The standard InChI is InChI=1S/C18H23N3O5S/c1-21(27(24,25)15-8-6-14(12-19)7-9-15)13-16(22)20-18(17(23)26-2)10-4-3-5-11-18/h6-9H,3-5,10-11,13H2,1-2H3,(H,20,22). The van der Waals surface area contributed by atoms with E-state index >= 15 is 0 Å². The lowest BCUT2D eigenvalue weighted by Crippen LogP contribution is -2.57. The normalized spacial score (nSPS) is 16.4. The van der Waals surface area contributed by atoms with Gasteiger partial charge < -0.3 is 10.1 Å². The van der Waals surface area contributed by atoms with Gasteiger partial charge in [-0.15, -0.1) is 0 Å². The van der Waals surface area contributed by atoms with Gasteiger partial charge in [0.15, 0.2) is 0 Å². The molecule has 0 aromatic heterocycles. The second-order valence-electron chi connectivity index (χ2n) is 6.58. The maximum atomic E-state index is 12.6. The molecule has 1 saturated carbocycles. The predicted octanol–water partition coefficient (Wildman–Crippen LogP) is 1.17. The minimum absolute atomic E-state index is 0.0165. The maximum Gasteiger partial charge on any atom is 0.331 e. The number of carbonyl (C=O) groups is 2. The van der Waals surface area contributed by atoms with Gasteiger partial charge in [-0.1, -0.05) is 19.3 Å². The van der Waals surface area contributed by atoms with Gasteiger partial charge in [-0.2, -0.15) is 9.57 Å². The molecule has 2 rings (SSSR count). The Morgan fingerprint density at radius 1 is 1.22 bits per heavy atom. The minimum Gasteiger partial charge on any atom is -0.467 e.